The maximum absolute atomic E-state index is 11.5. The summed E-state index contributed by atoms with van der Waals surface area (Å²) in [5, 5.41) is 5.87. The van der Waals surface area contributed by atoms with Crippen molar-refractivity contribution in [3.8, 4) is 11.5 Å². The van der Waals surface area contributed by atoms with Gasteiger partial charge in [0.05, 0.1) is 20.1 Å². The van der Waals surface area contributed by atoms with E-state index >= 15 is 0 Å². The molecule has 20 heavy (non-hydrogen) atoms. The quantitative estimate of drug-likeness (QED) is 0.681. The molecule has 0 bridgehead atoms. The van der Waals surface area contributed by atoms with Gasteiger partial charge in [-0.2, -0.15) is 0 Å². The summed E-state index contributed by atoms with van der Waals surface area (Å²) in [6.07, 6.45) is 1.27. The molecule has 0 heterocycles. The minimum atomic E-state index is 0. The molecule has 1 aromatic rings. The Labute approximate surface area is 126 Å². The summed E-state index contributed by atoms with van der Waals surface area (Å²) < 4.78 is 10.7. The van der Waals surface area contributed by atoms with Crippen LogP contribution in [0.25, 0.3) is 0 Å². The van der Waals surface area contributed by atoms with Crippen LogP contribution < -0.4 is 20.1 Å². The Hall–Kier alpha value is -1.46. The highest BCUT2D eigenvalue weighted by molar-refractivity contribution is 5.85. The standard InChI is InChI=1S/C14H22N2O3.ClH/c1-15-9-5-10-16-14(17)8-11-19-13-7-4-3-6-12(13)18-2;/h3-4,6-7,15H,5,8-11H2,1-2H3,(H,16,17);1H. The van der Waals surface area contributed by atoms with E-state index < -0.39 is 0 Å². The first-order valence-corrected chi connectivity index (χ1v) is 6.45. The maximum atomic E-state index is 11.5. The van der Waals surface area contributed by atoms with Crippen molar-refractivity contribution in [3.63, 3.8) is 0 Å². The second-order valence-corrected chi connectivity index (χ2v) is 4.06. The van der Waals surface area contributed by atoms with E-state index in [1.54, 1.807) is 7.11 Å². The van der Waals surface area contributed by atoms with Gasteiger partial charge in [0.1, 0.15) is 0 Å². The van der Waals surface area contributed by atoms with Gasteiger partial charge >= 0.3 is 0 Å². The van der Waals surface area contributed by atoms with E-state index in [-0.39, 0.29) is 18.3 Å². The Morgan fingerprint density at radius 1 is 1.20 bits per heavy atom. The molecular formula is C14H23ClN2O3. The smallest absolute Gasteiger partial charge is 0.223 e. The van der Waals surface area contributed by atoms with Crippen LogP contribution in [0.15, 0.2) is 24.3 Å². The lowest BCUT2D eigenvalue weighted by atomic mass is 10.3. The lowest BCUT2D eigenvalue weighted by Crippen LogP contribution is -2.27. The van der Waals surface area contributed by atoms with E-state index in [2.05, 4.69) is 10.6 Å². The molecule has 0 radical (unpaired) electrons. The molecule has 1 amide bonds. The zero-order valence-corrected chi connectivity index (χ0v) is 12.8. The third-order valence-electron chi connectivity index (χ3n) is 2.58. The van der Waals surface area contributed by atoms with Crippen molar-refractivity contribution in [2.45, 2.75) is 12.8 Å². The summed E-state index contributed by atoms with van der Waals surface area (Å²) in [5.74, 6) is 1.34. The number of methoxy groups -OCH3 is 1. The van der Waals surface area contributed by atoms with Crippen molar-refractivity contribution in [1.29, 1.82) is 0 Å². The summed E-state index contributed by atoms with van der Waals surface area (Å²) in [7, 11) is 3.49. The summed E-state index contributed by atoms with van der Waals surface area (Å²) in [6, 6.07) is 7.40. The van der Waals surface area contributed by atoms with Crippen LogP contribution in [0.3, 0.4) is 0 Å². The van der Waals surface area contributed by atoms with Crippen molar-refractivity contribution >= 4 is 18.3 Å². The largest absolute Gasteiger partial charge is 0.493 e. The lowest BCUT2D eigenvalue weighted by Gasteiger charge is -2.10. The number of hydrogen-bond donors (Lipinski definition) is 2. The molecule has 0 aliphatic carbocycles. The van der Waals surface area contributed by atoms with Crippen LogP contribution in [0.4, 0.5) is 0 Å². The number of benzene rings is 1. The molecule has 5 nitrogen and oxygen atoms in total. The summed E-state index contributed by atoms with van der Waals surface area (Å²) in [4.78, 5) is 11.5. The van der Waals surface area contributed by atoms with Gasteiger partial charge in [0.15, 0.2) is 11.5 Å². The zero-order chi connectivity index (χ0) is 13.9. The Kier molecular flexibility index (Phi) is 10.5. The molecule has 0 aliphatic rings. The second kappa shape index (κ2) is 11.4. The number of hydrogen-bond acceptors (Lipinski definition) is 4. The first-order chi connectivity index (χ1) is 9.27. The molecule has 0 fully saturated rings. The summed E-state index contributed by atoms with van der Waals surface area (Å²) >= 11 is 0. The Balaban J connectivity index is 0.00000361. The second-order valence-electron chi connectivity index (χ2n) is 4.06. The van der Waals surface area contributed by atoms with E-state index in [1.165, 1.54) is 0 Å². The molecule has 6 heteroatoms. The number of para-hydroxylation sites is 2. The van der Waals surface area contributed by atoms with E-state index in [9.17, 15) is 4.79 Å². The fourth-order valence-corrected chi connectivity index (χ4v) is 1.57. The van der Waals surface area contributed by atoms with Gasteiger partial charge in [-0.3, -0.25) is 4.79 Å². The Morgan fingerprint density at radius 2 is 1.90 bits per heavy atom. The third kappa shape index (κ3) is 7.21. The van der Waals surface area contributed by atoms with Crippen molar-refractivity contribution in [1.82, 2.24) is 10.6 Å². The van der Waals surface area contributed by atoms with Crippen LogP contribution >= 0.6 is 12.4 Å². The van der Waals surface area contributed by atoms with Crippen LogP contribution in [0.5, 0.6) is 11.5 Å². The average molecular weight is 303 g/mol. The molecule has 1 rings (SSSR count). The van der Waals surface area contributed by atoms with Gasteiger partial charge in [0, 0.05) is 6.54 Å². The number of ether oxygens (including phenoxy) is 2. The predicted octanol–water partition coefficient (Wildman–Crippen LogP) is 1.61. The summed E-state index contributed by atoms with van der Waals surface area (Å²) in [6.45, 7) is 1.94. The first kappa shape index (κ1) is 18.5. The molecule has 2 N–H and O–H groups in total. The zero-order valence-electron chi connectivity index (χ0n) is 12.0. The molecule has 0 saturated heterocycles. The number of carbonyl (C=O) groups is 1. The number of rotatable bonds is 9. The fourth-order valence-electron chi connectivity index (χ4n) is 1.57. The highest BCUT2D eigenvalue weighted by Gasteiger charge is 2.04. The van der Waals surface area contributed by atoms with Crippen molar-refractivity contribution in [2.75, 3.05) is 33.9 Å². The van der Waals surface area contributed by atoms with Crippen LogP contribution in [0.1, 0.15) is 12.8 Å². The van der Waals surface area contributed by atoms with Crippen molar-refractivity contribution < 1.29 is 14.3 Å². The van der Waals surface area contributed by atoms with Crippen LogP contribution in [-0.2, 0) is 4.79 Å². The van der Waals surface area contributed by atoms with Gasteiger partial charge in [0.25, 0.3) is 0 Å². The molecular weight excluding hydrogens is 280 g/mol. The fraction of sp³-hybridized carbons (Fsp3) is 0.500. The highest BCUT2D eigenvalue weighted by atomic mass is 35.5. The molecule has 0 aliphatic heterocycles. The molecule has 0 saturated carbocycles. The van der Waals surface area contributed by atoms with E-state index in [1.807, 2.05) is 31.3 Å². The monoisotopic (exact) mass is 302 g/mol. The van der Waals surface area contributed by atoms with Gasteiger partial charge in [-0.1, -0.05) is 12.1 Å². The van der Waals surface area contributed by atoms with Crippen LogP contribution in [0, 0.1) is 0 Å². The van der Waals surface area contributed by atoms with E-state index in [0.717, 1.165) is 13.0 Å². The molecule has 0 unspecified atom stereocenters. The highest BCUT2D eigenvalue weighted by Crippen LogP contribution is 2.25. The maximum Gasteiger partial charge on any atom is 0.223 e. The average Bonchev–Trinajstić information content (AvgIpc) is 2.44. The van der Waals surface area contributed by atoms with Gasteiger partial charge in [-0.25, -0.2) is 0 Å². The SMILES string of the molecule is CNCCCNC(=O)CCOc1ccccc1OC.Cl. The van der Waals surface area contributed by atoms with Gasteiger partial charge in [0.2, 0.25) is 5.91 Å². The lowest BCUT2D eigenvalue weighted by molar-refractivity contribution is -0.121. The molecule has 0 aromatic heterocycles. The third-order valence-corrected chi connectivity index (χ3v) is 2.58. The van der Waals surface area contributed by atoms with Gasteiger partial charge in [-0.15, -0.1) is 12.4 Å². The number of carbonyl (C=O) groups excluding carboxylic acids is 1. The van der Waals surface area contributed by atoms with E-state index in [0.29, 0.717) is 31.1 Å². The van der Waals surface area contributed by atoms with E-state index in [4.69, 9.17) is 9.47 Å². The van der Waals surface area contributed by atoms with Crippen molar-refractivity contribution in [3.05, 3.63) is 24.3 Å². The van der Waals surface area contributed by atoms with Gasteiger partial charge < -0.3 is 20.1 Å². The van der Waals surface area contributed by atoms with Gasteiger partial charge in [-0.05, 0) is 32.1 Å². The molecule has 0 spiro atoms. The minimum Gasteiger partial charge on any atom is -0.493 e. The minimum absolute atomic E-state index is 0. The number of halogens is 1. The number of amides is 1. The first-order valence-electron chi connectivity index (χ1n) is 6.45. The van der Waals surface area contributed by atoms with Crippen LogP contribution in [0.2, 0.25) is 0 Å². The predicted molar refractivity (Wildman–Crippen MR) is 81.9 cm³/mol. The molecule has 1 aromatic carbocycles. The Bertz CT molecular complexity index is 388. The molecule has 114 valence electrons. The summed E-state index contributed by atoms with van der Waals surface area (Å²) in [5.41, 5.74) is 0. The molecule has 0 atom stereocenters. The Morgan fingerprint density at radius 3 is 2.55 bits per heavy atom. The number of nitrogens with one attached hydrogen (secondary N) is 2. The topological polar surface area (TPSA) is 59.6 Å². The normalized spacial score (nSPS) is 9.50. The van der Waals surface area contributed by atoms with Crippen LogP contribution in [-0.4, -0.2) is 39.8 Å². The van der Waals surface area contributed by atoms with Crippen molar-refractivity contribution in [2.24, 2.45) is 0 Å².